The number of hydrogen-bond acceptors (Lipinski definition) is 2. The Balaban J connectivity index is 2.16. The fraction of sp³-hybridized carbons (Fsp3) is 0.647. The molecule has 2 N–H and O–H groups in total. The number of hydrogen-bond donors (Lipinski definition) is 1. The van der Waals surface area contributed by atoms with Gasteiger partial charge in [-0.05, 0) is 43.7 Å². The lowest BCUT2D eigenvalue weighted by Gasteiger charge is -2.44. The first-order chi connectivity index (χ1) is 9.97. The van der Waals surface area contributed by atoms with Gasteiger partial charge in [0, 0.05) is 18.7 Å². The molecule has 0 bridgehead atoms. The molecule has 21 heavy (non-hydrogen) atoms. The average molecular weight is 297 g/mol. The highest BCUT2D eigenvalue weighted by Crippen LogP contribution is 2.38. The van der Waals surface area contributed by atoms with Crippen LogP contribution in [0.25, 0.3) is 0 Å². The van der Waals surface area contributed by atoms with Crippen molar-refractivity contribution < 1.29 is 13.5 Å². The first-order valence-electron chi connectivity index (χ1n) is 7.80. The molecule has 0 heterocycles. The molecule has 0 aliphatic heterocycles. The molecule has 4 heteroatoms. The largest absolute Gasteiger partial charge is 0.374 e. The Hall–Kier alpha value is -1.00. The van der Waals surface area contributed by atoms with Gasteiger partial charge in [0.1, 0.15) is 11.6 Å². The van der Waals surface area contributed by atoms with Crippen LogP contribution < -0.4 is 5.73 Å². The van der Waals surface area contributed by atoms with E-state index in [2.05, 4.69) is 6.92 Å². The Morgan fingerprint density at radius 3 is 2.81 bits per heavy atom. The molecule has 0 aromatic heterocycles. The topological polar surface area (TPSA) is 35.2 Å². The molecular weight excluding hydrogens is 272 g/mol. The summed E-state index contributed by atoms with van der Waals surface area (Å²) in [5.74, 6) is -0.522. The first-order valence-corrected chi connectivity index (χ1v) is 7.80. The molecule has 0 radical (unpaired) electrons. The molecular formula is C17H25F2NO. The Kier molecular flexibility index (Phi) is 5.33. The van der Waals surface area contributed by atoms with E-state index in [9.17, 15) is 8.78 Å². The third-order valence-corrected chi connectivity index (χ3v) is 4.55. The third-order valence-electron chi connectivity index (χ3n) is 4.55. The summed E-state index contributed by atoms with van der Waals surface area (Å²) in [5.41, 5.74) is 6.46. The van der Waals surface area contributed by atoms with E-state index in [0.717, 1.165) is 25.3 Å². The van der Waals surface area contributed by atoms with Crippen molar-refractivity contribution in [2.75, 3.05) is 6.61 Å². The molecule has 2 rings (SSSR count). The molecule has 1 aromatic rings. The van der Waals surface area contributed by atoms with Crippen molar-refractivity contribution in [2.24, 2.45) is 11.7 Å². The van der Waals surface area contributed by atoms with E-state index in [0.29, 0.717) is 24.5 Å². The molecule has 3 atom stereocenters. The lowest BCUT2D eigenvalue weighted by Crippen LogP contribution is -2.53. The summed E-state index contributed by atoms with van der Waals surface area (Å²) in [4.78, 5) is 0. The van der Waals surface area contributed by atoms with Crippen molar-refractivity contribution in [3.63, 3.8) is 0 Å². The van der Waals surface area contributed by atoms with Crippen molar-refractivity contribution in [2.45, 2.75) is 57.6 Å². The van der Waals surface area contributed by atoms with E-state index in [1.54, 1.807) is 0 Å². The Bertz CT molecular complexity index is 476. The van der Waals surface area contributed by atoms with Gasteiger partial charge in [0.15, 0.2) is 0 Å². The molecule has 1 fully saturated rings. The van der Waals surface area contributed by atoms with Crippen LogP contribution in [0, 0.1) is 17.6 Å². The van der Waals surface area contributed by atoms with Gasteiger partial charge in [-0.15, -0.1) is 0 Å². The van der Waals surface area contributed by atoms with Crippen molar-refractivity contribution >= 4 is 0 Å². The highest BCUT2D eigenvalue weighted by atomic mass is 19.1. The van der Waals surface area contributed by atoms with Gasteiger partial charge in [0.05, 0.1) is 5.60 Å². The Morgan fingerprint density at radius 2 is 2.19 bits per heavy atom. The number of ether oxygens (including phenoxy) is 1. The van der Waals surface area contributed by atoms with Gasteiger partial charge in [0.25, 0.3) is 0 Å². The number of nitrogens with two attached hydrogens (primary N) is 1. The van der Waals surface area contributed by atoms with Gasteiger partial charge in [0.2, 0.25) is 0 Å². The van der Waals surface area contributed by atoms with Gasteiger partial charge in [-0.1, -0.05) is 25.8 Å². The number of halogens is 2. The lowest BCUT2D eigenvalue weighted by molar-refractivity contribution is -0.0926. The second-order valence-corrected chi connectivity index (χ2v) is 6.25. The minimum absolute atomic E-state index is 0.278. The molecule has 3 unspecified atom stereocenters. The third kappa shape index (κ3) is 3.80. The maximum Gasteiger partial charge on any atom is 0.129 e. The maximum absolute atomic E-state index is 13.8. The molecule has 1 aliphatic rings. The molecule has 2 nitrogen and oxygen atoms in total. The van der Waals surface area contributed by atoms with Crippen LogP contribution in [-0.2, 0) is 11.2 Å². The van der Waals surface area contributed by atoms with Crippen molar-refractivity contribution in [3.8, 4) is 0 Å². The van der Waals surface area contributed by atoms with Crippen LogP contribution in [-0.4, -0.2) is 18.2 Å². The van der Waals surface area contributed by atoms with E-state index in [4.69, 9.17) is 10.5 Å². The molecule has 0 spiro atoms. The zero-order chi connectivity index (χ0) is 15.5. The van der Waals surface area contributed by atoms with Crippen molar-refractivity contribution in [1.29, 1.82) is 0 Å². The summed E-state index contributed by atoms with van der Waals surface area (Å²) in [6.45, 7) is 4.77. The second kappa shape index (κ2) is 6.84. The Morgan fingerprint density at radius 1 is 1.43 bits per heavy atom. The van der Waals surface area contributed by atoms with E-state index in [1.165, 1.54) is 18.6 Å². The van der Waals surface area contributed by atoms with Gasteiger partial charge in [-0.2, -0.15) is 0 Å². The highest BCUT2D eigenvalue weighted by Gasteiger charge is 2.41. The van der Waals surface area contributed by atoms with Gasteiger partial charge in [-0.25, -0.2) is 8.78 Å². The Labute approximate surface area is 125 Å². The smallest absolute Gasteiger partial charge is 0.129 e. The number of benzene rings is 1. The van der Waals surface area contributed by atoms with Gasteiger partial charge >= 0.3 is 0 Å². The van der Waals surface area contributed by atoms with Crippen LogP contribution in [0.5, 0.6) is 0 Å². The van der Waals surface area contributed by atoms with Crippen LogP contribution in [0.3, 0.4) is 0 Å². The van der Waals surface area contributed by atoms with Crippen LogP contribution in [0.2, 0.25) is 0 Å². The van der Waals surface area contributed by atoms with Gasteiger partial charge < -0.3 is 10.5 Å². The molecule has 1 aromatic carbocycles. The predicted molar refractivity (Wildman–Crippen MR) is 80.0 cm³/mol. The minimum atomic E-state index is -0.560. The molecule has 1 saturated carbocycles. The standard InChI is InChI=1S/C17H25F2NO/c1-3-21-17(8-4-5-12(2)11-17)16(20)9-13-6-7-14(18)10-15(13)19/h6-7,10,12,16H,3-5,8-9,11,20H2,1-2H3. The summed E-state index contributed by atoms with van der Waals surface area (Å²) in [6.07, 6.45) is 4.46. The summed E-state index contributed by atoms with van der Waals surface area (Å²) >= 11 is 0. The van der Waals surface area contributed by atoms with E-state index in [-0.39, 0.29) is 11.6 Å². The summed E-state index contributed by atoms with van der Waals surface area (Å²) < 4.78 is 32.8. The molecule has 0 saturated heterocycles. The fourth-order valence-corrected chi connectivity index (χ4v) is 3.52. The van der Waals surface area contributed by atoms with Crippen LogP contribution in [0.4, 0.5) is 8.78 Å². The summed E-state index contributed by atoms with van der Waals surface area (Å²) in [5, 5.41) is 0. The highest BCUT2D eigenvalue weighted by molar-refractivity contribution is 5.20. The number of rotatable bonds is 5. The summed E-state index contributed by atoms with van der Waals surface area (Å²) in [6, 6.07) is 3.40. The first kappa shape index (κ1) is 16.4. The van der Waals surface area contributed by atoms with Crippen LogP contribution >= 0.6 is 0 Å². The maximum atomic E-state index is 13.8. The van der Waals surface area contributed by atoms with E-state index in [1.807, 2.05) is 6.92 Å². The van der Waals surface area contributed by atoms with Gasteiger partial charge in [-0.3, -0.25) is 0 Å². The zero-order valence-corrected chi connectivity index (χ0v) is 12.9. The molecule has 118 valence electrons. The van der Waals surface area contributed by atoms with E-state index >= 15 is 0 Å². The fourth-order valence-electron chi connectivity index (χ4n) is 3.52. The molecule has 0 amide bonds. The normalized spacial score (nSPS) is 27.6. The van der Waals surface area contributed by atoms with Crippen molar-refractivity contribution in [1.82, 2.24) is 0 Å². The predicted octanol–water partition coefficient (Wildman–Crippen LogP) is 3.82. The van der Waals surface area contributed by atoms with E-state index < -0.39 is 11.6 Å². The van der Waals surface area contributed by atoms with Crippen LogP contribution in [0.15, 0.2) is 18.2 Å². The second-order valence-electron chi connectivity index (χ2n) is 6.25. The lowest BCUT2D eigenvalue weighted by atomic mass is 9.73. The minimum Gasteiger partial charge on any atom is -0.374 e. The SMILES string of the molecule is CCOC1(C(N)Cc2ccc(F)cc2F)CCCC(C)C1. The van der Waals surface area contributed by atoms with Crippen molar-refractivity contribution in [3.05, 3.63) is 35.4 Å². The molecule has 1 aliphatic carbocycles. The van der Waals surface area contributed by atoms with Crippen LogP contribution in [0.1, 0.15) is 45.1 Å². The monoisotopic (exact) mass is 297 g/mol. The summed E-state index contributed by atoms with van der Waals surface area (Å²) in [7, 11) is 0. The average Bonchev–Trinajstić information content (AvgIpc) is 2.42. The quantitative estimate of drug-likeness (QED) is 0.896. The zero-order valence-electron chi connectivity index (χ0n) is 12.9.